The van der Waals surface area contributed by atoms with Crippen LogP contribution in [0.5, 0.6) is 5.75 Å². The Morgan fingerprint density at radius 2 is 2.10 bits per heavy atom. The van der Waals surface area contributed by atoms with E-state index in [0.717, 1.165) is 16.9 Å². The monoisotopic (exact) mass is 285 g/mol. The van der Waals surface area contributed by atoms with Crippen molar-refractivity contribution in [3.63, 3.8) is 0 Å². The molecular formula is C16H15NO2S. The second-order valence-electron chi connectivity index (χ2n) is 4.20. The molecule has 0 aliphatic rings. The van der Waals surface area contributed by atoms with Gasteiger partial charge < -0.3 is 10.1 Å². The molecule has 0 radical (unpaired) electrons. The van der Waals surface area contributed by atoms with Crippen molar-refractivity contribution in [3.8, 4) is 17.6 Å². The van der Waals surface area contributed by atoms with Crippen molar-refractivity contribution in [1.82, 2.24) is 5.32 Å². The lowest BCUT2D eigenvalue weighted by Crippen LogP contribution is -2.22. The average Bonchev–Trinajstić information content (AvgIpc) is 2.91. The average molecular weight is 285 g/mol. The number of ether oxygens (including phenoxy) is 1. The molecule has 20 heavy (non-hydrogen) atoms. The molecule has 0 saturated carbocycles. The lowest BCUT2D eigenvalue weighted by molar-refractivity contribution is 0.0962. The summed E-state index contributed by atoms with van der Waals surface area (Å²) in [5, 5.41) is 4.73. The van der Waals surface area contributed by atoms with Gasteiger partial charge >= 0.3 is 0 Å². The molecule has 1 N–H and O–H groups in total. The topological polar surface area (TPSA) is 38.3 Å². The summed E-state index contributed by atoms with van der Waals surface area (Å²) in [7, 11) is 1.63. The lowest BCUT2D eigenvalue weighted by Gasteiger charge is -1.98. The third-order valence-corrected chi connectivity index (χ3v) is 3.66. The zero-order valence-electron chi connectivity index (χ0n) is 11.4. The minimum Gasteiger partial charge on any atom is -0.497 e. The third-order valence-electron chi connectivity index (χ3n) is 2.61. The molecule has 2 aromatic rings. The maximum absolute atomic E-state index is 11.8. The number of methoxy groups -OCH3 is 1. The summed E-state index contributed by atoms with van der Waals surface area (Å²) in [5.74, 6) is 6.65. The minimum absolute atomic E-state index is 0.0767. The smallest absolute Gasteiger partial charge is 0.262 e. The zero-order chi connectivity index (χ0) is 14.4. The van der Waals surface area contributed by atoms with E-state index in [2.05, 4.69) is 17.2 Å². The van der Waals surface area contributed by atoms with Crippen LogP contribution in [-0.4, -0.2) is 19.6 Å². The lowest BCUT2D eigenvalue weighted by atomic mass is 10.2. The van der Waals surface area contributed by atoms with Crippen molar-refractivity contribution in [2.75, 3.05) is 13.7 Å². The van der Waals surface area contributed by atoms with E-state index in [1.807, 2.05) is 42.6 Å². The summed E-state index contributed by atoms with van der Waals surface area (Å²) < 4.78 is 5.07. The van der Waals surface area contributed by atoms with Gasteiger partial charge in [0.05, 0.1) is 18.5 Å². The third kappa shape index (κ3) is 3.87. The summed E-state index contributed by atoms with van der Waals surface area (Å²) in [6, 6.07) is 9.36. The van der Waals surface area contributed by atoms with Gasteiger partial charge in [0.15, 0.2) is 0 Å². The molecule has 0 atom stereocenters. The molecule has 1 amide bonds. The van der Waals surface area contributed by atoms with E-state index < -0.39 is 0 Å². The Bertz CT molecular complexity index is 647. The second kappa shape index (κ2) is 6.78. The number of rotatable bonds is 3. The Morgan fingerprint density at radius 3 is 2.70 bits per heavy atom. The maximum atomic E-state index is 11.8. The quantitative estimate of drug-likeness (QED) is 0.881. The molecule has 3 nitrogen and oxygen atoms in total. The van der Waals surface area contributed by atoms with E-state index in [4.69, 9.17) is 4.74 Å². The van der Waals surface area contributed by atoms with Crippen LogP contribution in [0.2, 0.25) is 0 Å². The maximum Gasteiger partial charge on any atom is 0.262 e. The molecule has 1 heterocycles. The summed E-state index contributed by atoms with van der Waals surface area (Å²) >= 11 is 1.44. The Morgan fingerprint density at radius 1 is 1.35 bits per heavy atom. The molecule has 0 spiro atoms. The van der Waals surface area contributed by atoms with Gasteiger partial charge in [0, 0.05) is 5.56 Å². The van der Waals surface area contributed by atoms with Gasteiger partial charge in [-0.1, -0.05) is 11.8 Å². The highest BCUT2D eigenvalue weighted by Crippen LogP contribution is 2.13. The number of carbonyl (C=O) groups excluding carboxylic acids is 1. The van der Waals surface area contributed by atoms with Gasteiger partial charge in [-0.2, -0.15) is 0 Å². The molecule has 1 aromatic carbocycles. The number of aryl methyl sites for hydroxylation is 1. The Kier molecular flexibility index (Phi) is 4.80. The van der Waals surface area contributed by atoms with E-state index in [-0.39, 0.29) is 5.91 Å². The minimum atomic E-state index is -0.0767. The van der Waals surface area contributed by atoms with Crippen molar-refractivity contribution in [3.05, 3.63) is 51.7 Å². The molecule has 0 fully saturated rings. The summed E-state index contributed by atoms with van der Waals surface area (Å²) in [4.78, 5) is 12.5. The molecule has 0 aliphatic heterocycles. The highest BCUT2D eigenvalue weighted by molar-refractivity contribution is 7.12. The number of amides is 1. The van der Waals surface area contributed by atoms with Crippen molar-refractivity contribution in [2.45, 2.75) is 6.92 Å². The van der Waals surface area contributed by atoms with Crippen LogP contribution in [0.3, 0.4) is 0 Å². The number of benzene rings is 1. The van der Waals surface area contributed by atoms with Crippen LogP contribution in [0.15, 0.2) is 35.7 Å². The molecule has 4 heteroatoms. The van der Waals surface area contributed by atoms with Crippen LogP contribution >= 0.6 is 11.3 Å². The molecule has 1 aromatic heterocycles. The summed E-state index contributed by atoms with van der Waals surface area (Å²) in [6.45, 7) is 2.30. The van der Waals surface area contributed by atoms with Gasteiger partial charge in [-0.3, -0.25) is 4.79 Å². The number of nitrogens with one attached hydrogen (secondary N) is 1. The first-order valence-electron chi connectivity index (χ1n) is 6.15. The summed E-state index contributed by atoms with van der Waals surface area (Å²) in [5.41, 5.74) is 2.00. The Hall–Kier alpha value is -2.25. The highest BCUT2D eigenvalue weighted by Gasteiger charge is 2.05. The predicted molar refractivity (Wildman–Crippen MR) is 81.3 cm³/mol. The van der Waals surface area contributed by atoms with Crippen LogP contribution in [-0.2, 0) is 0 Å². The number of hydrogen-bond donors (Lipinski definition) is 1. The van der Waals surface area contributed by atoms with E-state index in [9.17, 15) is 4.79 Å². The highest BCUT2D eigenvalue weighted by atomic mass is 32.1. The van der Waals surface area contributed by atoms with Crippen LogP contribution < -0.4 is 10.1 Å². The van der Waals surface area contributed by atoms with E-state index in [0.29, 0.717) is 11.4 Å². The van der Waals surface area contributed by atoms with E-state index >= 15 is 0 Å². The normalized spacial score (nSPS) is 9.50. The Balaban J connectivity index is 1.86. The predicted octanol–water partition coefficient (Wildman–Crippen LogP) is 2.85. The first-order valence-corrected chi connectivity index (χ1v) is 7.03. The van der Waals surface area contributed by atoms with E-state index in [1.165, 1.54) is 11.3 Å². The molecule has 0 saturated heterocycles. The standard InChI is InChI=1S/C16H15NO2S/c1-12-10-15(20-11-12)16(18)17-9-3-4-13-5-7-14(19-2)8-6-13/h5-8,10-11H,9H2,1-2H3,(H,17,18). The van der Waals surface area contributed by atoms with Crippen molar-refractivity contribution < 1.29 is 9.53 Å². The number of thiophene rings is 1. The first-order chi connectivity index (χ1) is 9.69. The van der Waals surface area contributed by atoms with Crippen LogP contribution in [0.4, 0.5) is 0 Å². The zero-order valence-corrected chi connectivity index (χ0v) is 12.2. The van der Waals surface area contributed by atoms with Crippen LogP contribution in [0.25, 0.3) is 0 Å². The van der Waals surface area contributed by atoms with Gasteiger partial charge in [-0.15, -0.1) is 11.3 Å². The fraction of sp³-hybridized carbons (Fsp3) is 0.188. The van der Waals surface area contributed by atoms with E-state index in [1.54, 1.807) is 7.11 Å². The van der Waals surface area contributed by atoms with Crippen molar-refractivity contribution in [2.24, 2.45) is 0 Å². The molecular weight excluding hydrogens is 270 g/mol. The fourth-order valence-electron chi connectivity index (χ4n) is 1.58. The molecule has 0 aliphatic carbocycles. The van der Waals surface area contributed by atoms with Crippen LogP contribution in [0.1, 0.15) is 20.8 Å². The van der Waals surface area contributed by atoms with Crippen molar-refractivity contribution >= 4 is 17.2 Å². The number of carbonyl (C=O) groups is 1. The first kappa shape index (κ1) is 14.2. The van der Waals surface area contributed by atoms with Crippen molar-refractivity contribution in [1.29, 1.82) is 0 Å². The SMILES string of the molecule is COc1ccc(C#CCNC(=O)c2cc(C)cs2)cc1. The summed E-state index contributed by atoms with van der Waals surface area (Å²) in [6.07, 6.45) is 0. The molecule has 102 valence electrons. The largest absolute Gasteiger partial charge is 0.497 e. The molecule has 0 bridgehead atoms. The van der Waals surface area contributed by atoms with Gasteiger partial charge in [0.2, 0.25) is 0 Å². The Labute approximate surface area is 122 Å². The molecule has 2 rings (SSSR count). The van der Waals surface area contributed by atoms with Gasteiger partial charge in [0.1, 0.15) is 5.75 Å². The number of hydrogen-bond acceptors (Lipinski definition) is 3. The van der Waals surface area contributed by atoms with Gasteiger partial charge in [-0.05, 0) is 48.2 Å². The van der Waals surface area contributed by atoms with Gasteiger partial charge in [-0.25, -0.2) is 0 Å². The van der Waals surface area contributed by atoms with Crippen LogP contribution in [0, 0.1) is 18.8 Å². The second-order valence-corrected chi connectivity index (χ2v) is 5.11. The fourth-order valence-corrected chi connectivity index (χ4v) is 2.40. The van der Waals surface area contributed by atoms with Gasteiger partial charge in [0.25, 0.3) is 5.91 Å². The molecule has 0 unspecified atom stereocenters.